The van der Waals surface area contributed by atoms with Crippen molar-refractivity contribution in [3.8, 4) is 11.8 Å². The molecule has 0 N–H and O–H groups in total. The molecule has 1 heterocycles. The number of hydrogen-bond donors (Lipinski definition) is 0. The molecule has 0 saturated carbocycles. The van der Waals surface area contributed by atoms with Crippen molar-refractivity contribution in [2.45, 2.75) is 19.9 Å². The third-order valence-electron chi connectivity index (χ3n) is 4.04. The minimum atomic E-state index is -0.276. The van der Waals surface area contributed by atoms with E-state index >= 15 is 0 Å². The average Bonchev–Trinajstić information content (AvgIpc) is 2.56. The summed E-state index contributed by atoms with van der Waals surface area (Å²) in [4.78, 5) is 16.0. The molecular weight excluding hydrogens is 278 g/mol. The number of nitriles is 1. The molecule has 5 nitrogen and oxygen atoms in total. The van der Waals surface area contributed by atoms with Crippen LogP contribution in [0.3, 0.4) is 0 Å². The highest BCUT2D eigenvalue weighted by Crippen LogP contribution is 2.24. The van der Waals surface area contributed by atoms with Crippen LogP contribution in [0.2, 0.25) is 0 Å². The lowest BCUT2D eigenvalue weighted by Gasteiger charge is -2.37. The van der Waals surface area contributed by atoms with Crippen LogP contribution in [-0.2, 0) is 4.79 Å². The summed E-state index contributed by atoms with van der Waals surface area (Å²) in [5, 5.41) is 9.52. The molecule has 1 atom stereocenters. The van der Waals surface area contributed by atoms with Crippen LogP contribution in [0.5, 0.6) is 5.75 Å². The van der Waals surface area contributed by atoms with Gasteiger partial charge in [-0.05, 0) is 17.7 Å². The quantitative estimate of drug-likeness (QED) is 0.854. The SMILES string of the molecule is COc1ccc(C(C#N)N2CCN(C(=O)C(C)C)CC2)cc1. The second kappa shape index (κ2) is 7.28. The Morgan fingerprint density at radius 3 is 2.23 bits per heavy atom. The molecule has 1 fully saturated rings. The zero-order valence-corrected chi connectivity index (χ0v) is 13.5. The number of methoxy groups -OCH3 is 1. The lowest BCUT2D eigenvalue weighted by molar-refractivity contribution is -0.136. The summed E-state index contributed by atoms with van der Waals surface area (Å²) in [6.07, 6.45) is 0. The largest absolute Gasteiger partial charge is 0.497 e. The van der Waals surface area contributed by atoms with Crippen LogP contribution in [0.4, 0.5) is 0 Å². The number of carbonyl (C=O) groups excluding carboxylic acids is 1. The number of rotatable bonds is 4. The van der Waals surface area contributed by atoms with E-state index in [0.29, 0.717) is 13.1 Å². The van der Waals surface area contributed by atoms with E-state index in [-0.39, 0.29) is 17.9 Å². The van der Waals surface area contributed by atoms with Crippen LogP contribution >= 0.6 is 0 Å². The first-order valence-corrected chi connectivity index (χ1v) is 7.63. The summed E-state index contributed by atoms with van der Waals surface area (Å²) in [6.45, 7) is 6.66. The summed E-state index contributed by atoms with van der Waals surface area (Å²) in [5.41, 5.74) is 0.965. The zero-order valence-electron chi connectivity index (χ0n) is 13.5. The molecule has 0 radical (unpaired) electrons. The number of ether oxygens (including phenoxy) is 1. The van der Waals surface area contributed by atoms with Gasteiger partial charge in [0.25, 0.3) is 0 Å². The molecule has 2 rings (SSSR count). The smallest absolute Gasteiger partial charge is 0.225 e. The Labute approximate surface area is 132 Å². The Balaban J connectivity index is 2.01. The first kappa shape index (κ1) is 16.3. The average molecular weight is 301 g/mol. The van der Waals surface area contributed by atoms with Gasteiger partial charge >= 0.3 is 0 Å². The van der Waals surface area contributed by atoms with Crippen LogP contribution in [0.15, 0.2) is 24.3 Å². The summed E-state index contributed by atoms with van der Waals surface area (Å²) in [5.74, 6) is 1.00. The van der Waals surface area contributed by atoms with Crippen LogP contribution in [-0.4, -0.2) is 49.0 Å². The van der Waals surface area contributed by atoms with Crippen LogP contribution in [0.25, 0.3) is 0 Å². The van der Waals surface area contributed by atoms with Crippen molar-refractivity contribution in [3.63, 3.8) is 0 Å². The Hall–Kier alpha value is -2.06. The summed E-state index contributed by atoms with van der Waals surface area (Å²) in [6, 6.07) is 9.70. The number of benzene rings is 1. The number of hydrogen-bond acceptors (Lipinski definition) is 4. The molecule has 22 heavy (non-hydrogen) atoms. The highest BCUT2D eigenvalue weighted by Gasteiger charge is 2.27. The van der Waals surface area contributed by atoms with Crippen LogP contribution < -0.4 is 4.74 Å². The summed E-state index contributed by atoms with van der Waals surface area (Å²) < 4.78 is 5.15. The van der Waals surface area contributed by atoms with Crippen molar-refractivity contribution in [1.29, 1.82) is 5.26 Å². The first-order chi connectivity index (χ1) is 10.6. The van der Waals surface area contributed by atoms with Crippen molar-refractivity contribution in [2.75, 3.05) is 33.3 Å². The predicted molar refractivity (Wildman–Crippen MR) is 84.3 cm³/mol. The van der Waals surface area contributed by atoms with E-state index in [1.54, 1.807) is 7.11 Å². The van der Waals surface area contributed by atoms with Gasteiger partial charge in [-0.25, -0.2) is 0 Å². The van der Waals surface area contributed by atoms with Crippen molar-refractivity contribution >= 4 is 5.91 Å². The molecule has 1 aromatic carbocycles. The van der Waals surface area contributed by atoms with Crippen molar-refractivity contribution in [3.05, 3.63) is 29.8 Å². The van der Waals surface area contributed by atoms with E-state index < -0.39 is 0 Å². The van der Waals surface area contributed by atoms with Gasteiger partial charge in [-0.15, -0.1) is 0 Å². The fourth-order valence-corrected chi connectivity index (χ4v) is 2.72. The van der Waals surface area contributed by atoms with Gasteiger partial charge in [0.05, 0.1) is 13.2 Å². The minimum absolute atomic E-state index is 0.0277. The highest BCUT2D eigenvalue weighted by atomic mass is 16.5. The molecule has 5 heteroatoms. The molecule has 1 aromatic rings. The monoisotopic (exact) mass is 301 g/mol. The molecule has 0 bridgehead atoms. The number of nitrogens with zero attached hydrogens (tertiary/aromatic N) is 3. The standard InChI is InChI=1S/C17H23N3O2/c1-13(2)17(21)20-10-8-19(9-11-20)16(12-18)14-4-6-15(22-3)7-5-14/h4-7,13,16H,8-11H2,1-3H3. The van der Waals surface area contributed by atoms with Crippen LogP contribution in [0.1, 0.15) is 25.5 Å². The molecule has 1 saturated heterocycles. The molecule has 118 valence electrons. The first-order valence-electron chi connectivity index (χ1n) is 7.63. The molecule has 0 aromatic heterocycles. The van der Waals surface area contributed by atoms with Crippen molar-refractivity contribution in [1.82, 2.24) is 9.80 Å². The molecule has 1 aliphatic heterocycles. The molecule has 1 aliphatic rings. The van der Waals surface area contributed by atoms with Gasteiger partial charge in [0.15, 0.2) is 0 Å². The van der Waals surface area contributed by atoms with E-state index in [2.05, 4.69) is 11.0 Å². The Bertz CT molecular complexity index is 540. The van der Waals surface area contributed by atoms with Gasteiger partial charge in [-0.2, -0.15) is 5.26 Å². The van der Waals surface area contributed by atoms with E-state index in [4.69, 9.17) is 4.74 Å². The maximum absolute atomic E-state index is 12.0. The summed E-state index contributed by atoms with van der Waals surface area (Å²) in [7, 11) is 1.63. The third kappa shape index (κ3) is 3.58. The van der Waals surface area contributed by atoms with E-state index in [1.807, 2.05) is 43.0 Å². The van der Waals surface area contributed by atoms with Gasteiger partial charge < -0.3 is 9.64 Å². The number of amides is 1. The number of carbonyl (C=O) groups is 1. The Kier molecular flexibility index (Phi) is 5.40. The van der Waals surface area contributed by atoms with E-state index in [0.717, 1.165) is 24.4 Å². The topological polar surface area (TPSA) is 56.6 Å². The number of piperazine rings is 1. The fourth-order valence-electron chi connectivity index (χ4n) is 2.72. The second-order valence-corrected chi connectivity index (χ2v) is 5.82. The van der Waals surface area contributed by atoms with Gasteiger partial charge in [0.2, 0.25) is 5.91 Å². The molecule has 0 aliphatic carbocycles. The van der Waals surface area contributed by atoms with Crippen molar-refractivity contribution in [2.24, 2.45) is 5.92 Å². The maximum atomic E-state index is 12.0. The molecule has 0 spiro atoms. The third-order valence-corrected chi connectivity index (χ3v) is 4.04. The lowest BCUT2D eigenvalue weighted by Crippen LogP contribution is -2.50. The fraction of sp³-hybridized carbons (Fsp3) is 0.529. The lowest BCUT2D eigenvalue weighted by atomic mass is 10.0. The second-order valence-electron chi connectivity index (χ2n) is 5.82. The Morgan fingerprint density at radius 2 is 1.77 bits per heavy atom. The molecular formula is C17H23N3O2. The molecule has 1 amide bonds. The van der Waals surface area contributed by atoms with E-state index in [1.165, 1.54) is 0 Å². The van der Waals surface area contributed by atoms with Gasteiger partial charge in [-0.1, -0.05) is 26.0 Å². The van der Waals surface area contributed by atoms with Crippen LogP contribution in [0, 0.1) is 17.2 Å². The van der Waals surface area contributed by atoms with Gasteiger partial charge in [-0.3, -0.25) is 9.69 Å². The normalized spacial score (nSPS) is 17.1. The summed E-state index contributed by atoms with van der Waals surface area (Å²) >= 11 is 0. The Morgan fingerprint density at radius 1 is 1.18 bits per heavy atom. The zero-order chi connectivity index (χ0) is 16.1. The highest BCUT2D eigenvalue weighted by molar-refractivity contribution is 5.78. The maximum Gasteiger partial charge on any atom is 0.225 e. The molecule has 1 unspecified atom stereocenters. The van der Waals surface area contributed by atoms with Crippen molar-refractivity contribution < 1.29 is 9.53 Å². The van der Waals surface area contributed by atoms with Gasteiger partial charge in [0, 0.05) is 32.1 Å². The minimum Gasteiger partial charge on any atom is -0.497 e. The van der Waals surface area contributed by atoms with E-state index in [9.17, 15) is 10.1 Å². The predicted octanol–water partition coefficient (Wildman–Crippen LogP) is 2.06. The van der Waals surface area contributed by atoms with Gasteiger partial charge in [0.1, 0.15) is 11.8 Å².